The lowest BCUT2D eigenvalue weighted by Gasteiger charge is -2.28. The fraction of sp³-hybridized carbons (Fsp3) is 0.149. The van der Waals surface area contributed by atoms with Crippen LogP contribution in [0.3, 0.4) is 0 Å². The van der Waals surface area contributed by atoms with Gasteiger partial charge in [0.1, 0.15) is 0 Å². The molecule has 0 spiro atoms. The van der Waals surface area contributed by atoms with Crippen LogP contribution < -0.4 is 4.90 Å². The van der Waals surface area contributed by atoms with Gasteiger partial charge in [0.05, 0.1) is 0 Å². The van der Waals surface area contributed by atoms with E-state index in [9.17, 15) is 0 Å². The first-order valence-corrected chi connectivity index (χ1v) is 17.4. The molecule has 2 aliphatic carbocycles. The first kappa shape index (κ1) is 28.8. The number of hydrogen-bond acceptors (Lipinski definition) is 1. The van der Waals surface area contributed by atoms with Crippen LogP contribution in [0.1, 0.15) is 48.9 Å². The summed E-state index contributed by atoms with van der Waals surface area (Å²) in [5, 5.41) is 2.49. The van der Waals surface area contributed by atoms with Crippen molar-refractivity contribution in [1.82, 2.24) is 0 Å². The summed E-state index contributed by atoms with van der Waals surface area (Å²) in [5.74, 6) is 0. The lowest BCUT2D eigenvalue weighted by Crippen LogP contribution is -2.16. The SMILES string of the molecule is CC1(C)c2ccccc2-c2ccc(N(c3ccc(-c4ccc(-c5cccc6c5CCCC6)cc4)cc3)c3ccc4ccccc4c3)cc21. The minimum Gasteiger partial charge on any atom is -0.310 e. The molecule has 0 fully saturated rings. The third-order valence-corrected chi connectivity index (χ3v) is 10.9. The number of benzene rings is 7. The van der Waals surface area contributed by atoms with Gasteiger partial charge in [0.15, 0.2) is 0 Å². The van der Waals surface area contributed by atoms with E-state index in [0.717, 1.165) is 11.4 Å². The van der Waals surface area contributed by atoms with Crippen LogP contribution in [0, 0.1) is 0 Å². The van der Waals surface area contributed by atoms with Crippen LogP contribution in [-0.4, -0.2) is 0 Å². The molecule has 7 aromatic carbocycles. The van der Waals surface area contributed by atoms with E-state index in [4.69, 9.17) is 0 Å². The second kappa shape index (κ2) is 11.4. The Bertz CT molecular complexity index is 2310. The van der Waals surface area contributed by atoms with Gasteiger partial charge in [-0.3, -0.25) is 0 Å². The number of aryl methyl sites for hydroxylation is 1. The van der Waals surface area contributed by atoms with E-state index >= 15 is 0 Å². The van der Waals surface area contributed by atoms with E-state index in [0.29, 0.717) is 0 Å². The fourth-order valence-corrected chi connectivity index (χ4v) is 8.29. The summed E-state index contributed by atoms with van der Waals surface area (Å²) < 4.78 is 0. The summed E-state index contributed by atoms with van der Waals surface area (Å²) in [6.07, 6.45) is 5.00. The van der Waals surface area contributed by atoms with E-state index in [-0.39, 0.29) is 5.41 Å². The van der Waals surface area contributed by atoms with Crippen molar-refractivity contribution in [1.29, 1.82) is 0 Å². The summed E-state index contributed by atoms with van der Waals surface area (Å²) in [5.41, 5.74) is 17.2. The van der Waals surface area contributed by atoms with Crippen molar-refractivity contribution >= 4 is 27.8 Å². The molecule has 1 nitrogen and oxygen atoms in total. The Labute approximate surface area is 284 Å². The largest absolute Gasteiger partial charge is 0.310 e. The Balaban J connectivity index is 1.10. The molecule has 1 heteroatoms. The van der Waals surface area contributed by atoms with Crippen molar-refractivity contribution in [3.8, 4) is 33.4 Å². The van der Waals surface area contributed by atoms with Gasteiger partial charge >= 0.3 is 0 Å². The van der Waals surface area contributed by atoms with Crippen molar-refractivity contribution < 1.29 is 0 Å². The summed E-state index contributed by atoms with van der Waals surface area (Å²) in [4.78, 5) is 2.41. The van der Waals surface area contributed by atoms with Gasteiger partial charge in [0, 0.05) is 22.5 Å². The summed E-state index contributed by atoms with van der Waals surface area (Å²) in [6.45, 7) is 4.71. The maximum absolute atomic E-state index is 2.42. The van der Waals surface area contributed by atoms with E-state index in [2.05, 4.69) is 170 Å². The molecule has 0 bridgehead atoms. The van der Waals surface area contributed by atoms with Crippen LogP contribution in [0.4, 0.5) is 17.1 Å². The Kier molecular flexibility index (Phi) is 6.83. The van der Waals surface area contributed by atoms with E-state index in [1.54, 1.807) is 5.56 Å². The van der Waals surface area contributed by atoms with Crippen molar-refractivity contribution in [2.75, 3.05) is 4.90 Å². The highest BCUT2D eigenvalue weighted by molar-refractivity contribution is 5.91. The highest BCUT2D eigenvalue weighted by Gasteiger charge is 2.35. The van der Waals surface area contributed by atoms with Gasteiger partial charge in [0.2, 0.25) is 0 Å². The maximum atomic E-state index is 2.42. The molecular weight excluding hydrogens is 579 g/mol. The number of rotatable bonds is 5. The fourth-order valence-electron chi connectivity index (χ4n) is 8.29. The Morgan fingerprint density at radius 1 is 0.438 bits per heavy atom. The predicted octanol–water partition coefficient (Wildman–Crippen LogP) is 12.8. The number of anilines is 3. The summed E-state index contributed by atoms with van der Waals surface area (Å²) >= 11 is 0. The van der Waals surface area contributed by atoms with Crippen LogP contribution in [-0.2, 0) is 18.3 Å². The Morgan fingerprint density at radius 2 is 1.04 bits per heavy atom. The average Bonchev–Trinajstić information content (AvgIpc) is 3.37. The quantitative estimate of drug-likeness (QED) is 0.186. The van der Waals surface area contributed by atoms with Crippen LogP contribution in [0.5, 0.6) is 0 Å². The van der Waals surface area contributed by atoms with Gasteiger partial charge in [-0.1, -0.05) is 129 Å². The molecule has 0 heterocycles. The number of hydrogen-bond donors (Lipinski definition) is 0. The zero-order chi connectivity index (χ0) is 32.2. The third kappa shape index (κ3) is 4.76. The van der Waals surface area contributed by atoms with Crippen LogP contribution in [0.2, 0.25) is 0 Å². The monoisotopic (exact) mass is 617 g/mol. The topological polar surface area (TPSA) is 3.24 Å². The smallest absolute Gasteiger partial charge is 0.0468 e. The van der Waals surface area contributed by atoms with Gasteiger partial charge in [-0.2, -0.15) is 0 Å². The Hall–Kier alpha value is -5.40. The number of fused-ring (bicyclic) bond motifs is 5. The van der Waals surface area contributed by atoms with Crippen molar-refractivity contribution in [2.24, 2.45) is 0 Å². The van der Waals surface area contributed by atoms with Gasteiger partial charge in [-0.25, -0.2) is 0 Å². The molecule has 0 saturated heterocycles. The third-order valence-electron chi connectivity index (χ3n) is 10.9. The minimum absolute atomic E-state index is 0.0634. The minimum atomic E-state index is -0.0634. The predicted molar refractivity (Wildman–Crippen MR) is 204 cm³/mol. The molecule has 232 valence electrons. The van der Waals surface area contributed by atoms with Gasteiger partial charge in [0.25, 0.3) is 0 Å². The van der Waals surface area contributed by atoms with Gasteiger partial charge in [-0.15, -0.1) is 0 Å². The second-order valence-corrected chi connectivity index (χ2v) is 14.0. The molecule has 0 saturated carbocycles. The number of nitrogens with zero attached hydrogens (tertiary/aromatic N) is 1. The van der Waals surface area contributed by atoms with Crippen LogP contribution in [0.15, 0.2) is 152 Å². The average molecular weight is 618 g/mol. The molecule has 7 aromatic rings. The van der Waals surface area contributed by atoms with E-state index in [1.807, 2.05) is 0 Å². The molecule has 0 atom stereocenters. The van der Waals surface area contributed by atoms with E-state index < -0.39 is 0 Å². The summed E-state index contributed by atoms with van der Waals surface area (Å²) in [7, 11) is 0. The molecule has 48 heavy (non-hydrogen) atoms. The van der Waals surface area contributed by atoms with Crippen molar-refractivity contribution in [2.45, 2.75) is 44.9 Å². The molecule has 0 N–H and O–H groups in total. The molecule has 0 aliphatic heterocycles. The molecule has 0 unspecified atom stereocenters. The lowest BCUT2D eigenvalue weighted by molar-refractivity contribution is 0.660. The van der Waals surface area contributed by atoms with Gasteiger partial charge in [-0.05, 0) is 128 Å². The maximum Gasteiger partial charge on any atom is 0.0468 e. The zero-order valence-corrected chi connectivity index (χ0v) is 27.7. The standard InChI is InChI=1S/C47H39N/c1-47(2)45-17-8-7-15-43(45)44-29-28-40(31-46(44)47)48(39-27-24-32-10-3-4-12-37(32)30-39)38-25-22-34(23-26-38)33-18-20-36(21-19-33)42-16-9-13-35-11-5-6-14-41(35)42/h3-4,7-10,12-13,15-31H,5-6,11,14H2,1-2H3. The van der Waals surface area contributed by atoms with E-state index in [1.165, 1.54) is 92.2 Å². The lowest BCUT2D eigenvalue weighted by atomic mass is 9.82. The van der Waals surface area contributed by atoms with Crippen molar-refractivity contribution in [3.63, 3.8) is 0 Å². The van der Waals surface area contributed by atoms with Gasteiger partial charge < -0.3 is 4.90 Å². The molecule has 0 amide bonds. The molecule has 0 aromatic heterocycles. The van der Waals surface area contributed by atoms with Crippen LogP contribution in [0.25, 0.3) is 44.2 Å². The second-order valence-electron chi connectivity index (χ2n) is 14.0. The zero-order valence-electron chi connectivity index (χ0n) is 27.7. The molecular formula is C47H39N. The highest BCUT2D eigenvalue weighted by Crippen LogP contribution is 2.50. The molecule has 2 aliphatic rings. The molecule has 9 rings (SSSR count). The highest BCUT2D eigenvalue weighted by atomic mass is 15.1. The summed E-state index contributed by atoms with van der Waals surface area (Å²) in [6, 6.07) is 56.5. The van der Waals surface area contributed by atoms with Crippen molar-refractivity contribution in [3.05, 3.63) is 174 Å². The van der Waals surface area contributed by atoms with Crippen LogP contribution >= 0.6 is 0 Å². The first-order valence-electron chi connectivity index (χ1n) is 17.4. The molecule has 0 radical (unpaired) electrons. The normalized spacial score (nSPS) is 14.3. The first-order chi connectivity index (χ1) is 23.5. The Morgan fingerprint density at radius 3 is 1.88 bits per heavy atom.